The van der Waals surface area contributed by atoms with E-state index >= 15 is 0 Å². The SMILES string of the molecule is CCCCC1C(=O)Nc2ccc(OC)cc21. The first-order valence-electron chi connectivity index (χ1n) is 5.75. The Morgan fingerprint density at radius 2 is 2.25 bits per heavy atom. The van der Waals surface area contributed by atoms with E-state index in [2.05, 4.69) is 12.2 Å². The summed E-state index contributed by atoms with van der Waals surface area (Å²) in [6.45, 7) is 2.14. The first kappa shape index (κ1) is 11.0. The highest BCUT2D eigenvalue weighted by atomic mass is 16.5. The summed E-state index contributed by atoms with van der Waals surface area (Å²) in [6, 6.07) is 5.76. The highest BCUT2D eigenvalue weighted by Gasteiger charge is 2.29. The minimum absolute atomic E-state index is 0.00468. The minimum atomic E-state index is 0.00468. The van der Waals surface area contributed by atoms with Gasteiger partial charge in [0.15, 0.2) is 0 Å². The van der Waals surface area contributed by atoms with Crippen LogP contribution in [0.3, 0.4) is 0 Å². The number of amides is 1. The third kappa shape index (κ3) is 1.90. The number of hydrogen-bond acceptors (Lipinski definition) is 2. The number of hydrogen-bond donors (Lipinski definition) is 1. The molecule has 0 spiro atoms. The van der Waals surface area contributed by atoms with Gasteiger partial charge >= 0.3 is 0 Å². The number of anilines is 1. The maximum Gasteiger partial charge on any atom is 0.232 e. The first-order valence-corrected chi connectivity index (χ1v) is 5.75. The number of ether oxygens (including phenoxy) is 1. The Balaban J connectivity index is 2.27. The molecule has 2 rings (SSSR count). The molecule has 3 nitrogen and oxygen atoms in total. The summed E-state index contributed by atoms with van der Waals surface area (Å²) in [4.78, 5) is 11.8. The molecule has 0 saturated carbocycles. The van der Waals surface area contributed by atoms with Gasteiger partial charge in [-0.05, 0) is 30.2 Å². The Kier molecular flexibility index (Phi) is 3.13. The van der Waals surface area contributed by atoms with Crippen molar-refractivity contribution in [2.45, 2.75) is 32.1 Å². The van der Waals surface area contributed by atoms with Gasteiger partial charge < -0.3 is 10.1 Å². The molecule has 1 amide bonds. The van der Waals surface area contributed by atoms with Crippen LogP contribution in [-0.2, 0) is 4.79 Å². The van der Waals surface area contributed by atoms with E-state index in [4.69, 9.17) is 4.74 Å². The topological polar surface area (TPSA) is 38.3 Å². The van der Waals surface area contributed by atoms with Crippen LogP contribution in [0.25, 0.3) is 0 Å². The molecule has 1 atom stereocenters. The molecule has 3 heteroatoms. The molecular weight excluding hydrogens is 202 g/mol. The maximum atomic E-state index is 11.8. The monoisotopic (exact) mass is 219 g/mol. The lowest BCUT2D eigenvalue weighted by Crippen LogP contribution is -2.11. The Morgan fingerprint density at radius 1 is 1.44 bits per heavy atom. The number of methoxy groups -OCH3 is 1. The standard InChI is InChI=1S/C13H17NO2/c1-3-4-5-10-11-8-9(16-2)6-7-12(11)14-13(10)15/h6-8,10H,3-5H2,1-2H3,(H,14,15). The van der Waals surface area contributed by atoms with Crippen LogP contribution in [0.4, 0.5) is 5.69 Å². The van der Waals surface area contributed by atoms with Gasteiger partial charge in [0.25, 0.3) is 0 Å². The zero-order chi connectivity index (χ0) is 11.5. The van der Waals surface area contributed by atoms with Crippen molar-refractivity contribution in [1.82, 2.24) is 0 Å². The van der Waals surface area contributed by atoms with E-state index < -0.39 is 0 Å². The number of unbranched alkanes of at least 4 members (excludes halogenated alkanes) is 1. The Hall–Kier alpha value is -1.51. The van der Waals surface area contributed by atoms with E-state index in [-0.39, 0.29) is 11.8 Å². The quantitative estimate of drug-likeness (QED) is 0.845. The molecule has 0 aliphatic carbocycles. The average Bonchev–Trinajstić information content (AvgIpc) is 2.61. The van der Waals surface area contributed by atoms with Gasteiger partial charge in [-0.2, -0.15) is 0 Å². The van der Waals surface area contributed by atoms with Gasteiger partial charge in [-0.1, -0.05) is 19.8 Å². The van der Waals surface area contributed by atoms with Crippen molar-refractivity contribution in [1.29, 1.82) is 0 Å². The molecule has 0 radical (unpaired) electrons. The second-order valence-electron chi connectivity index (χ2n) is 4.14. The lowest BCUT2D eigenvalue weighted by atomic mass is 9.95. The van der Waals surface area contributed by atoms with Crippen molar-refractivity contribution in [3.63, 3.8) is 0 Å². The Bertz CT molecular complexity index is 401. The van der Waals surface area contributed by atoms with Crippen LogP contribution in [0.5, 0.6) is 5.75 Å². The maximum absolute atomic E-state index is 11.8. The normalized spacial score (nSPS) is 18.1. The van der Waals surface area contributed by atoms with E-state index in [1.54, 1.807) is 7.11 Å². The van der Waals surface area contributed by atoms with Crippen LogP contribution in [-0.4, -0.2) is 13.0 Å². The smallest absolute Gasteiger partial charge is 0.232 e. The van der Waals surface area contributed by atoms with E-state index in [1.165, 1.54) is 0 Å². The second kappa shape index (κ2) is 4.56. The summed E-state index contributed by atoms with van der Waals surface area (Å²) in [5, 5.41) is 2.91. The zero-order valence-electron chi connectivity index (χ0n) is 9.75. The average molecular weight is 219 g/mol. The number of fused-ring (bicyclic) bond motifs is 1. The van der Waals surface area contributed by atoms with Crippen molar-refractivity contribution in [3.8, 4) is 5.75 Å². The lowest BCUT2D eigenvalue weighted by Gasteiger charge is -2.08. The van der Waals surface area contributed by atoms with Gasteiger partial charge in [0.2, 0.25) is 5.91 Å². The fourth-order valence-electron chi connectivity index (χ4n) is 2.13. The molecule has 1 aliphatic rings. The minimum Gasteiger partial charge on any atom is -0.497 e. The molecule has 0 fully saturated rings. The van der Waals surface area contributed by atoms with Gasteiger partial charge in [0.05, 0.1) is 13.0 Å². The van der Waals surface area contributed by atoms with E-state index in [0.717, 1.165) is 36.3 Å². The van der Waals surface area contributed by atoms with Crippen molar-refractivity contribution in [3.05, 3.63) is 23.8 Å². The van der Waals surface area contributed by atoms with Crippen LogP contribution in [0, 0.1) is 0 Å². The Morgan fingerprint density at radius 3 is 2.94 bits per heavy atom. The van der Waals surface area contributed by atoms with E-state index in [0.29, 0.717) is 0 Å². The zero-order valence-corrected chi connectivity index (χ0v) is 9.75. The number of nitrogens with one attached hydrogen (secondary N) is 1. The molecular formula is C13H17NO2. The molecule has 1 N–H and O–H groups in total. The summed E-state index contributed by atoms with van der Waals surface area (Å²) in [7, 11) is 1.65. The predicted molar refractivity (Wildman–Crippen MR) is 63.9 cm³/mol. The summed E-state index contributed by atoms with van der Waals surface area (Å²) in [5.41, 5.74) is 2.02. The molecule has 0 saturated heterocycles. The van der Waals surface area contributed by atoms with E-state index in [1.807, 2.05) is 18.2 Å². The third-order valence-electron chi connectivity index (χ3n) is 3.05. The number of carbonyl (C=O) groups is 1. The largest absolute Gasteiger partial charge is 0.497 e. The van der Waals surface area contributed by atoms with E-state index in [9.17, 15) is 4.79 Å². The van der Waals surface area contributed by atoms with Gasteiger partial charge in [0, 0.05) is 5.69 Å². The summed E-state index contributed by atoms with van der Waals surface area (Å²) in [6.07, 6.45) is 3.11. The molecule has 16 heavy (non-hydrogen) atoms. The van der Waals surface area contributed by atoms with Crippen LogP contribution in [0.1, 0.15) is 37.7 Å². The van der Waals surface area contributed by atoms with Crippen LogP contribution >= 0.6 is 0 Å². The fourth-order valence-corrected chi connectivity index (χ4v) is 2.13. The van der Waals surface area contributed by atoms with Gasteiger partial charge in [0.1, 0.15) is 5.75 Å². The van der Waals surface area contributed by atoms with Crippen LogP contribution in [0.2, 0.25) is 0 Å². The van der Waals surface area contributed by atoms with Crippen LogP contribution in [0.15, 0.2) is 18.2 Å². The van der Waals surface area contributed by atoms with Crippen molar-refractivity contribution >= 4 is 11.6 Å². The molecule has 0 bridgehead atoms. The summed E-state index contributed by atoms with van der Waals surface area (Å²) < 4.78 is 5.19. The fraction of sp³-hybridized carbons (Fsp3) is 0.462. The van der Waals surface area contributed by atoms with Crippen molar-refractivity contribution in [2.75, 3.05) is 12.4 Å². The van der Waals surface area contributed by atoms with Gasteiger partial charge in [-0.25, -0.2) is 0 Å². The summed E-state index contributed by atoms with van der Waals surface area (Å²) >= 11 is 0. The highest BCUT2D eigenvalue weighted by Crippen LogP contribution is 2.37. The first-order chi connectivity index (χ1) is 7.76. The molecule has 1 aromatic rings. The molecule has 1 aromatic carbocycles. The molecule has 0 aromatic heterocycles. The number of rotatable bonds is 4. The molecule has 86 valence electrons. The number of benzene rings is 1. The van der Waals surface area contributed by atoms with Crippen LogP contribution < -0.4 is 10.1 Å². The molecule has 1 aliphatic heterocycles. The Labute approximate surface area is 95.8 Å². The van der Waals surface area contributed by atoms with Crippen molar-refractivity contribution < 1.29 is 9.53 Å². The predicted octanol–water partition coefficient (Wildman–Crippen LogP) is 2.92. The molecule has 1 unspecified atom stereocenters. The lowest BCUT2D eigenvalue weighted by molar-refractivity contribution is -0.117. The third-order valence-corrected chi connectivity index (χ3v) is 3.05. The van der Waals surface area contributed by atoms with Gasteiger partial charge in [-0.3, -0.25) is 4.79 Å². The van der Waals surface area contributed by atoms with Crippen molar-refractivity contribution in [2.24, 2.45) is 0 Å². The van der Waals surface area contributed by atoms with Gasteiger partial charge in [-0.15, -0.1) is 0 Å². The second-order valence-corrected chi connectivity index (χ2v) is 4.14. The summed E-state index contributed by atoms with van der Waals surface area (Å²) in [5.74, 6) is 0.943. The number of carbonyl (C=O) groups excluding carboxylic acids is 1. The molecule has 1 heterocycles. The highest BCUT2D eigenvalue weighted by molar-refractivity contribution is 6.03.